The molecule has 0 aliphatic carbocycles. The van der Waals surface area contributed by atoms with Gasteiger partial charge in [0.1, 0.15) is 42.5 Å². The Morgan fingerprint density at radius 3 is 2.17 bits per heavy atom. The van der Waals surface area contributed by atoms with Crippen molar-refractivity contribution in [2.75, 3.05) is 6.61 Å². The SMILES string of the molecule is C.CC(=O)N[C@H]1C(O)O[C@H](CO)[C@@H](O)[C@@H]1O[C@H](C)C(=O)N[C@@H](C)C(=O)N[C@H](CCC(=O)O)C(N)=O. The molecular weight excluding hydrogens is 472 g/mol. The number of primary amides is 1. The van der Waals surface area contributed by atoms with Gasteiger partial charge in [0.15, 0.2) is 6.29 Å². The first-order chi connectivity index (χ1) is 15.8. The maximum Gasteiger partial charge on any atom is 0.303 e. The van der Waals surface area contributed by atoms with Crippen LogP contribution in [0, 0.1) is 0 Å². The predicted molar refractivity (Wildman–Crippen MR) is 118 cm³/mol. The molecule has 9 N–H and O–H groups in total. The molecule has 15 nitrogen and oxygen atoms in total. The van der Waals surface area contributed by atoms with Crippen LogP contribution in [0.25, 0.3) is 0 Å². The summed E-state index contributed by atoms with van der Waals surface area (Å²) in [4.78, 5) is 58.4. The number of hydrogen-bond donors (Lipinski definition) is 8. The van der Waals surface area contributed by atoms with E-state index in [0.29, 0.717) is 0 Å². The first-order valence-corrected chi connectivity index (χ1v) is 10.4. The van der Waals surface area contributed by atoms with Crippen LogP contribution >= 0.6 is 0 Å². The molecule has 1 aliphatic heterocycles. The molecule has 1 aliphatic rings. The minimum atomic E-state index is -1.65. The van der Waals surface area contributed by atoms with Crippen molar-refractivity contribution in [1.29, 1.82) is 0 Å². The van der Waals surface area contributed by atoms with Crippen LogP contribution in [0.3, 0.4) is 0 Å². The first kappa shape index (κ1) is 32.1. The van der Waals surface area contributed by atoms with Gasteiger partial charge in [-0.3, -0.25) is 24.0 Å². The Hall–Kier alpha value is -2.85. The maximum absolute atomic E-state index is 12.5. The highest BCUT2D eigenvalue weighted by atomic mass is 16.6. The molecule has 8 atom stereocenters. The Balaban J connectivity index is 0.0000116. The molecule has 1 rings (SSSR count). The number of aliphatic hydroxyl groups is 3. The number of carboxylic acids is 1. The number of carbonyl (C=O) groups is 5. The number of aliphatic hydroxyl groups excluding tert-OH is 3. The lowest BCUT2D eigenvalue weighted by atomic mass is 9.96. The van der Waals surface area contributed by atoms with Crippen LogP contribution in [0.4, 0.5) is 0 Å². The maximum atomic E-state index is 12.5. The summed E-state index contributed by atoms with van der Waals surface area (Å²) < 4.78 is 10.6. The molecule has 0 spiro atoms. The van der Waals surface area contributed by atoms with Gasteiger partial charge in [0.25, 0.3) is 0 Å². The third-order valence-corrected chi connectivity index (χ3v) is 5.03. The van der Waals surface area contributed by atoms with E-state index in [1.54, 1.807) is 0 Å². The summed E-state index contributed by atoms with van der Waals surface area (Å²) >= 11 is 0. The smallest absolute Gasteiger partial charge is 0.303 e. The number of carbonyl (C=O) groups excluding carboxylic acids is 4. The fourth-order valence-electron chi connectivity index (χ4n) is 3.18. The Morgan fingerprint density at radius 2 is 1.69 bits per heavy atom. The molecule has 0 saturated carbocycles. The quantitative estimate of drug-likeness (QED) is 0.127. The van der Waals surface area contributed by atoms with Crippen LogP contribution in [-0.4, -0.2) is 105 Å². The summed E-state index contributed by atoms with van der Waals surface area (Å²) in [5, 5.41) is 45.5. The van der Waals surface area contributed by atoms with Crippen molar-refractivity contribution in [3.05, 3.63) is 0 Å². The zero-order valence-electron chi connectivity index (χ0n) is 19.0. The van der Waals surface area contributed by atoms with Gasteiger partial charge in [0.05, 0.1) is 6.61 Å². The van der Waals surface area contributed by atoms with E-state index >= 15 is 0 Å². The number of ether oxygens (including phenoxy) is 2. The summed E-state index contributed by atoms with van der Waals surface area (Å²) in [6.45, 7) is 3.06. The zero-order valence-corrected chi connectivity index (χ0v) is 19.0. The second-order valence-corrected chi connectivity index (χ2v) is 7.83. The summed E-state index contributed by atoms with van der Waals surface area (Å²) in [6, 6.07) is -3.71. The second-order valence-electron chi connectivity index (χ2n) is 7.83. The molecule has 1 fully saturated rings. The number of rotatable bonds is 12. The van der Waals surface area contributed by atoms with E-state index in [0.717, 1.165) is 6.92 Å². The van der Waals surface area contributed by atoms with E-state index in [9.17, 15) is 39.3 Å². The molecule has 0 aromatic carbocycles. The van der Waals surface area contributed by atoms with E-state index in [1.165, 1.54) is 13.8 Å². The van der Waals surface area contributed by atoms with Gasteiger partial charge in [0.2, 0.25) is 23.6 Å². The lowest BCUT2D eigenvalue weighted by Crippen LogP contribution is -2.65. The fraction of sp³-hybridized carbons (Fsp3) is 0.750. The number of nitrogens with two attached hydrogens (primary N) is 1. The molecule has 1 heterocycles. The van der Waals surface area contributed by atoms with Crippen molar-refractivity contribution in [1.82, 2.24) is 16.0 Å². The van der Waals surface area contributed by atoms with Crippen LogP contribution in [0.2, 0.25) is 0 Å². The average molecular weight is 509 g/mol. The number of amides is 4. The lowest BCUT2D eigenvalue weighted by molar-refractivity contribution is -0.266. The van der Waals surface area contributed by atoms with Crippen LogP contribution in [-0.2, 0) is 33.4 Å². The molecule has 202 valence electrons. The minimum Gasteiger partial charge on any atom is -0.481 e. The predicted octanol–water partition coefficient (Wildman–Crippen LogP) is -3.69. The van der Waals surface area contributed by atoms with Gasteiger partial charge in [-0.25, -0.2) is 0 Å². The fourth-order valence-corrected chi connectivity index (χ4v) is 3.18. The van der Waals surface area contributed by atoms with Gasteiger partial charge in [-0.15, -0.1) is 0 Å². The van der Waals surface area contributed by atoms with Gasteiger partial charge < -0.3 is 51.6 Å². The topological polar surface area (TPSA) is 247 Å². The molecule has 35 heavy (non-hydrogen) atoms. The summed E-state index contributed by atoms with van der Waals surface area (Å²) in [6.07, 6.45) is -7.74. The van der Waals surface area contributed by atoms with Crippen LogP contribution in [0.5, 0.6) is 0 Å². The third kappa shape index (κ3) is 9.73. The highest BCUT2D eigenvalue weighted by Crippen LogP contribution is 2.23. The Morgan fingerprint density at radius 1 is 1.09 bits per heavy atom. The molecule has 0 radical (unpaired) electrons. The van der Waals surface area contributed by atoms with Gasteiger partial charge in [-0.2, -0.15) is 0 Å². The number of nitrogens with one attached hydrogen (secondary N) is 3. The highest BCUT2D eigenvalue weighted by molar-refractivity contribution is 5.92. The van der Waals surface area contributed by atoms with Crippen molar-refractivity contribution in [3.63, 3.8) is 0 Å². The molecule has 4 amide bonds. The van der Waals surface area contributed by atoms with E-state index in [4.69, 9.17) is 20.3 Å². The monoisotopic (exact) mass is 508 g/mol. The number of aliphatic carboxylic acids is 1. The molecule has 15 heteroatoms. The van der Waals surface area contributed by atoms with E-state index < -0.39 is 91.5 Å². The number of hydrogen-bond acceptors (Lipinski definition) is 10. The average Bonchev–Trinajstić information content (AvgIpc) is 2.74. The molecular formula is C20H36N4O11. The van der Waals surface area contributed by atoms with Crippen molar-refractivity contribution in [2.45, 2.75) is 89.9 Å². The van der Waals surface area contributed by atoms with Crippen molar-refractivity contribution < 1.29 is 53.9 Å². The van der Waals surface area contributed by atoms with Crippen LogP contribution in [0.1, 0.15) is 41.0 Å². The van der Waals surface area contributed by atoms with Crippen molar-refractivity contribution >= 4 is 29.6 Å². The van der Waals surface area contributed by atoms with Gasteiger partial charge in [-0.1, -0.05) is 7.43 Å². The zero-order chi connectivity index (χ0) is 26.2. The summed E-state index contributed by atoms with van der Waals surface area (Å²) in [7, 11) is 0. The second kappa shape index (κ2) is 14.5. The van der Waals surface area contributed by atoms with E-state index in [-0.39, 0.29) is 13.8 Å². The van der Waals surface area contributed by atoms with Gasteiger partial charge in [0, 0.05) is 13.3 Å². The highest BCUT2D eigenvalue weighted by Gasteiger charge is 2.47. The minimum absolute atomic E-state index is 0. The van der Waals surface area contributed by atoms with Gasteiger partial charge in [-0.05, 0) is 20.3 Å². The van der Waals surface area contributed by atoms with E-state index in [2.05, 4.69) is 16.0 Å². The molecule has 0 aromatic rings. The Labute approximate surface area is 202 Å². The number of carboxylic acid groups (broad SMARTS) is 1. The Bertz CT molecular complexity index is 765. The molecule has 1 unspecified atom stereocenters. The molecule has 1 saturated heterocycles. The molecule has 0 bridgehead atoms. The summed E-state index contributed by atoms with van der Waals surface area (Å²) in [5.41, 5.74) is 5.16. The lowest BCUT2D eigenvalue weighted by Gasteiger charge is -2.43. The third-order valence-electron chi connectivity index (χ3n) is 5.03. The van der Waals surface area contributed by atoms with Crippen molar-refractivity contribution in [2.24, 2.45) is 5.73 Å². The van der Waals surface area contributed by atoms with E-state index in [1.807, 2.05) is 0 Å². The first-order valence-electron chi connectivity index (χ1n) is 10.4. The van der Waals surface area contributed by atoms with Crippen LogP contribution < -0.4 is 21.7 Å². The van der Waals surface area contributed by atoms with Crippen molar-refractivity contribution in [3.8, 4) is 0 Å². The van der Waals surface area contributed by atoms with Gasteiger partial charge >= 0.3 is 5.97 Å². The largest absolute Gasteiger partial charge is 0.481 e. The standard InChI is InChI=1S/C19H32N4O11.CH4/c1-7(17(30)23-10(16(20)29)4-5-12(26)27)21-18(31)8(2)33-15-13(22-9(3)25)19(32)34-11(6-24)14(15)28;/h7-8,10-11,13-15,19,24,28,32H,4-6H2,1-3H3,(H2,20,29)(H,21,31)(H,22,25)(H,23,30)(H,26,27);1H4/t7-,8+,10+,11+,13+,14+,15+,19?;/m0./s1. The van der Waals surface area contributed by atoms with Crippen LogP contribution in [0.15, 0.2) is 0 Å². The summed E-state index contributed by atoms with van der Waals surface area (Å²) in [5.74, 6) is -4.34. The normalized spacial score (nSPS) is 26.3. The molecule has 0 aromatic heterocycles. The Kier molecular flexibility index (Phi) is 13.3.